The molecule has 2 heteroatoms. The Kier molecular flexibility index (Phi) is 1.61. The van der Waals surface area contributed by atoms with Crippen molar-refractivity contribution < 1.29 is 9.90 Å². The van der Waals surface area contributed by atoms with E-state index >= 15 is 0 Å². The van der Waals surface area contributed by atoms with E-state index in [-0.39, 0.29) is 11.7 Å². The number of benzene rings is 1. The van der Waals surface area contributed by atoms with Crippen LogP contribution in [0.15, 0.2) is 24.3 Å². The highest BCUT2D eigenvalue weighted by atomic mass is 16.3. The van der Waals surface area contributed by atoms with Gasteiger partial charge in [-0.2, -0.15) is 0 Å². The minimum atomic E-state index is 0.217. The Morgan fingerprint density at radius 3 is 2.50 bits per heavy atom. The van der Waals surface area contributed by atoms with Crippen LogP contribution < -0.4 is 0 Å². The van der Waals surface area contributed by atoms with Crippen LogP contribution in [0, 0.1) is 5.92 Å². The second kappa shape index (κ2) is 2.63. The Bertz CT molecular complexity index is 289. The summed E-state index contributed by atoms with van der Waals surface area (Å²) in [6, 6.07) is 7.08. The zero-order chi connectivity index (χ0) is 8.55. The third-order valence-electron chi connectivity index (χ3n) is 2.34. The minimum absolute atomic E-state index is 0.217. The summed E-state index contributed by atoms with van der Waals surface area (Å²) >= 11 is 0. The lowest BCUT2D eigenvalue weighted by Crippen LogP contribution is -1.83. The summed E-state index contributed by atoms with van der Waals surface area (Å²) in [5, 5.41) is 9.01. The molecule has 2 rings (SSSR count). The molecule has 0 spiro atoms. The van der Waals surface area contributed by atoms with E-state index in [4.69, 9.17) is 5.11 Å². The lowest BCUT2D eigenvalue weighted by atomic mass is 10.1. The monoisotopic (exact) mass is 162 g/mol. The van der Waals surface area contributed by atoms with Crippen molar-refractivity contribution in [3.8, 4) is 5.75 Å². The molecule has 12 heavy (non-hydrogen) atoms. The fourth-order valence-corrected chi connectivity index (χ4v) is 1.47. The van der Waals surface area contributed by atoms with E-state index in [1.165, 1.54) is 0 Å². The summed E-state index contributed by atoms with van der Waals surface area (Å²) in [6.45, 7) is 0. The zero-order valence-corrected chi connectivity index (χ0v) is 6.60. The number of carbonyl (C=O) groups is 1. The molecule has 1 aliphatic rings. The van der Waals surface area contributed by atoms with E-state index in [2.05, 4.69) is 0 Å². The van der Waals surface area contributed by atoms with Crippen LogP contribution in [0.2, 0.25) is 0 Å². The molecule has 0 aliphatic heterocycles. The third-order valence-corrected chi connectivity index (χ3v) is 2.34. The third kappa shape index (κ3) is 1.20. The summed E-state index contributed by atoms with van der Waals surface area (Å²) in [5.41, 5.74) is 1.16. The topological polar surface area (TPSA) is 37.3 Å². The first-order chi connectivity index (χ1) is 5.81. The van der Waals surface area contributed by atoms with Gasteiger partial charge in [-0.1, -0.05) is 12.1 Å². The predicted molar refractivity (Wildman–Crippen MR) is 45.0 cm³/mol. The van der Waals surface area contributed by atoms with E-state index in [1.54, 1.807) is 12.1 Å². The van der Waals surface area contributed by atoms with E-state index in [0.717, 1.165) is 18.3 Å². The van der Waals surface area contributed by atoms with Crippen LogP contribution in [0.4, 0.5) is 0 Å². The SMILES string of the molecule is O=CC1CC1c1ccc(O)cc1. The summed E-state index contributed by atoms with van der Waals surface area (Å²) in [6.07, 6.45) is 1.98. The standard InChI is InChI=1S/C10H10O2/c11-6-8-5-10(8)7-1-3-9(12)4-2-7/h1-4,6,8,10,12H,5H2. The minimum Gasteiger partial charge on any atom is -0.508 e. The van der Waals surface area contributed by atoms with Crippen molar-refractivity contribution >= 4 is 6.29 Å². The van der Waals surface area contributed by atoms with Crippen LogP contribution in [0.1, 0.15) is 17.9 Å². The van der Waals surface area contributed by atoms with E-state index in [9.17, 15) is 4.79 Å². The van der Waals surface area contributed by atoms with Crippen molar-refractivity contribution in [1.82, 2.24) is 0 Å². The Hall–Kier alpha value is -1.31. The molecule has 1 aliphatic carbocycles. The normalized spacial score (nSPS) is 26.7. The molecule has 1 saturated carbocycles. The summed E-state index contributed by atoms with van der Waals surface area (Å²) < 4.78 is 0. The number of rotatable bonds is 2. The van der Waals surface area contributed by atoms with Crippen LogP contribution in [-0.2, 0) is 4.79 Å². The van der Waals surface area contributed by atoms with Gasteiger partial charge in [-0.05, 0) is 30.0 Å². The smallest absolute Gasteiger partial charge is 0.123 e. The van der Waals surface area contributed by atoms with Gasteiger partial charge in [-0.15, -0.1) is 0 Å². The molecule has 0 heterocycles. The average molecular weight is 162 g/mol. The summed E-state index contributed by atoms with van der Waals surface area (Å²) in [5.74, 6) is 0.902. The number of aldehydes is 1. The van der Waals surface area contributed by atoms with Crippen molar-refractivity contribution in [2.45, 2.75) is 12.3 Å². The Balaban J connectivity index is 2.15. The number of phenolic OH excluding ortho intramolecular Hbond substituents is 1. The Morgan fingerprint density at radius 2 is 2.00 bits per heavy atom. The quantitative estimate of drug-likeness (QED) is 0.672. The first-order valence-corrected chi connectivity index (χ1v) is 4.05. The number of carbonyl (C=O) groups excluding carboxylic acids is 1. The lowest BCUT2D eigenvalue weighted by Gasteiger charge is -1.96. The van der Waals surface area contributed by atoms with Gasteiger partial charge in [0.25, 0.3) is 0 Å². The van der Waals surface area contributed by atoms with Crippen molar-refractivity contribution in [3.63, 3.8) is 0 Å². The van der Waals surface area contributed by atoms with Gasteiger partial charge < -0.3 is 9.90 Å². The van der Waals surface area contributed by atoms with Crippen molar-refractivity contribution in [2.24, 2.45) is 5.92 Å². The van der Waals surface area contributed by atoms with Gasteiger partial charge in [-0.25, -0.2) is 0 Å². The first kappa shape index (κ1) is 7.35. The number of aromatic hydroxyl groups is 1. The molecule has 1 N–H and O–H groups in total. The Labute approximate surface area is 70.8 Å². The largest absolute Gasteiger partial charge is 0.508 e. The molecule has 2 nitrogen and oxygen atoms in total. The summed E-state index contributed by atoms with van der Waals surface area (Å²) in [4.78, 5) is 10.4. The second-order valence-electron chi connectivity index (χ2n) is 3.23. The predicted octanol–water partition coefficient (Wildman–Crippen LogP) is 1.69. The maximum Gasteiger partial charge on any atom is 0.123 e. The zero-order valence-electron chi connectivity index (χ0n) is 6.60. The molecule has 0 amide bonds. The van der Waals surface area contributed by atoms with Crippen molar-refractivity contribution in [1.29, 1.82) is 0 Å². The highest BCUT2D eigenvalue weighted by Gasteiger charge is 2.37. The first-order valence-electron chi connectivity index (χ1n) is 4.05. The van der Waals surface area contributed by atoms with E-state index in [1.807, 2.05) is 12.1 Å². The molecular formula is C10H10O2. The number of phenols is 1. The van der Waals surface area contributed by atoms with Gasteiger partial charge in [-0.3, -0.25) is 0 Å². The van der Waals surface area contributed by atoms with Crippen LogP contribution in [0.25, 0.3) is 0 Å². The molecular weight excluding hydrogens is 152 g/mol. The highest BCUT2D eigenvalue weighted by Crippen LogP contribution is 2.45. The highest BCUT2D eigenvalue weighted by molar-refractivity contribution is 5.61. The molecule has 0 bridgehead atoms. The second-order valence-corrected chi connectivity index (χ2v) is 3.23. The van der Waals surface area contributed by atoms with Gasteiger partial charge in [0, 0.05) is 5.92 Å². The molecule has 0 saturated heterocycles. The molecule has 62 valence electrons. The maximum absolute atomic E-state index is 10.4. The molecule has 1 aromatic rings. The average Bonchev–Trinajstić information content (AvgIpc) is 2.85. The van der Waals surface area contributed by atoms with Gasteiger partial charge >= 0.3 is 0 Å². The van der Waals surface area contributed by atoms with Crippen LogP contribution in [0.5, 0.6) is 5.75 Å². The molecule has 1 fully saturated rings. The molecule has 0 radical (unpaired) electrons. The fourth-order valence-electron chi connectivity index (χ4n) is 1.47. The van der Waals surface area contributed by atoms with Gasteiger partial charge in [0.05, 0.1) is 0 Å². The molecule has 2 unspecified atom stereocenters. The van der Waals surface area contributed by atoms with Crippen LogP contribution >= 0.6 is 0 Å². The maximum atomic E-state index is 10.4. The summed E-state index contributed by atoms with van der Waals surface area (Å²) in [7, 11) is 0. The molecule has 1 aromatic carbocycles. The fraction of sp³-hybridized carbons (Fsp3) is 0.300. The van der Waals surface area contributed by atoms with Gasteiger partial charge in [0.15, 0.2) is 0 Å². The van der Waals surface area contributed by atoms with Crippen LogP contribution in [-0.4, -0.2) is 11.4 Å². The van der Waals surface area contributed by atoms with E-state index < -0.39 is 0 Å². The number of hydrogen-bond donors (Lipinski definition) is 1. The van der Waals surface area contributed by atoms with Gasteiger partial charge in [0.2, 0.25) is 0 Å². The molecule has 0 aromatic heterocycles. The van der Waals surface area contributed by atoms with Crippen molar-refractivity contribution in [3.05, 3.63) is 29.8 Å². The lowest BCUT2D eigenvalue weighted by molar-refractivity contribution is -0.108. The van der Waals surface area contributed by atoms with Gasteiger partial charge in [0.1, 0.15) is 12.0 Å². The van der Waals surface area contributed by atoms with Crippen LogP contribution in [0.3, 0.4) is 0 Å². The Morgan fingerprint density at radius 1 is 1.33 bits per heavy atom. The van der Waals surface area contributed by atoms with E-state index in [0.29, 0.717) is 5.92 Å². The van der Waals surface area contributed by atoms with Crippen molar-refractivity contribution in [2.75, 3.05) is 0 Å². The number of hydrogen-bond acceptors (Lipinski definition) is 2. The molecule has 2 atom stereocenters.